The summed E-state index contributed by atoms with van der Waals surface area (Å²) >= 11 is 0. The number of hydrogen-bond acceptors (Lipinski definition) is 4. The highest BCUT2D eigenvalue weighted by molar-refractivity contribution is 14.0. The minimum atomic E-state index is -0.213. The van der Waals surface area contributed by atoms with Crippen molar-refractivity contribution >= 4 is 29.9 Å². The van der Waals surface area contributed by atoms with E-state index in [0.29, 0.717) is 12.5 Å². The normalized spacial score (nSPS) is 16.4. The SMILES string of the molecule is CN=C(NCCCOCC(C)C)NCC(c1ccc(F)cc1)N1CCOCC1.I. The molecule has 0 saturated carbocycles. The lowest BCUT2D eigenvalue weighted by molar-refractivity contribution is 0.0170. The Bertz CT molecular complexity index is 581. The fourth-order valence-corrected chi connectivity index (χ4v) is 3.15. The minimum Gasteiger partial charge on any atom is -0.381 e. The van der Waals surface area contributed by atoms with Gasteiger partial charge in [-0.25, -0.2) is 4.39 Å². The number of aliphatic imine (C=N–C) groups is 1. The van der Waals surface area contributed by atoms with Crippen molar-refractivity contribution in [2.75, 3.05) is 59.7 Å². The Hall–Kier alpha value is -0.970. The molecule has 1 unspecified atom stereocenters. The Balaban J connectivity index is 0.00000420. The molecule has 1 aromatic carbocycles. The maximum Gasteiger partial charge on any atom is 0.191 e. The fourth-order valence-electron chi connectivity index (χ4n) is 3.15. The van der Waals surface area contributed by atoms with Gasteiger partial charge in [-0.15, -0.1) is 24.0 Å². The first kappa shape index (κ1) is 26.1. The van der Waals surface area contributed by atoms with Crippen LogP contribution in [0.15, 0.2) is 29.3 Å². The molecule has 166 valence electrons. The second-order valence-electron chi connectivity index (χ2n) is 7.42. The Labute approximate surface area is 191 Å². The number of hydrogen-bond donors (Lipinski definition) is 2. The molecule has 1 saturated heterocycles. The van der Waals surface area contributed by atoms with Crippen LogP contribution in [0.5, 0.6) is 0 Å². The molecule has 1 heterocycles. The highest BCUT2D eigenvalue weighted by Gasteiger charge is 2.23. The Morgan fingerprint density at radius 3 is 2.52 bits per heavy atom. The molecule has 0 spiro atoms. The van der Waals surface area contributed by atoms with Crippen molar-refractivity contribution in [2.45, 2.75) is 26.3 Å². The van der Waals surface area contributed by atoms with Crippen LogP contribution in [0.1, 0.15) is 31.9 Å². The average Bonchev–Trinajstić information content (AvgIpc) is 2.71. The summed E-state index contributed by atoms with van der Waals surface area (Å²) in [4.78, 5) is 6.68. The lowest BCUT2D eigenvalue weighted by Crippen LogP contribution is -2.46. The molecule has 0 amide bonds. The van der Waals surface area contributed by atoms with Crippen LogP contribution in [0.3, 0.4) is 0 Å². The average molecular weight is 522 g/mol. The molecule has 0 aromatic heterocycles. The largest absolute Gasteiger partial charge is 0.381 e. The summed E-state index contributed by atoms with van der Waals surface area (Å²) in [7, 11) is 1.77. The van der Waals surface area contributed by atoms with E-state index in [2.05, 4.69) is 34.4 Å². The number of nitrogens with zero attached hydrogens (tertiary/aromatic N) is 2. The van der Waals surface area contributed by atoms with Crippen molar-refractivity contribution in [3.05, 3.63) is 35.6 Å². The van der Waals surface area contributed by atoms with Gasteiger partial charge in [0.05, 0.1) is 19.3 Å². The Morgan fingerprint density at radius 2 is 1.90 bits per heavy atom. The second kappa shape index (κ2) is 14.9. The van der Waals surface area contributed by atoms with Gasteiger partial charge in [-0.1, -0.05) is 26.0 Å². The zero-order valence-corrected chi connectivity index (χ0v) is 20.2. The third-order valence-corrected chi connectivity index (χ3v) is 4.64. The zero-order valence-electron chi connectivity index (χ0n) is 17.8. The molecule has 2 rings (SSSR count). The van der Waals surface area contributed by atoms with Gasteiger partial charge in [0.15, 0.2) is 5.96 Å². The third kappa shape index (κ3) is 10.1. The highest BCUT2D eigenvalue weighted by atomic mass is 127. The molecular formula is C21H36FIN4O2. The van der Waals surface area contributed by atoms with Crippen LogP contribution in [0.2, 0.25) is 0 Å². The molecule has 1 fully saturated rings. The highest BCUT2D eigenvalue weighted by Crippen LogP contribution is 2.21. The van der Waals surface area contributed by atoms with Crippen molar-refractivity contribution in [2.24, 2.45) is 10.9 Å². The fraction of sp³-hybridized carbons (Fsp3) is 0.667. The van der Waals surface area contributed by atoms with Crippen LogP contribution in [0.25, 0.3) is 0 Å². The standard InChI is InChI=1S/C21H35FN4O2.HI/c1-17(2)16-28-12-4-9-24-21(23-3)25-15-20(26-10-13-27-14-11-26)18-5-7-19(22)8-6-18;/h5-8,17,20H,4,9-16H2,1-3H3,(H2,23,24,25);1H. The Kier molecular flexibility index (Phi) is 13.4. The van der Waals surface area contributed by atoms with Crippen molar-refractivity contribution in [1.29, 1.82) is 0 Å². The summed E-state index contributed by atoms with van der Waals surface area (Å²) in [6.07, 6.45) is 0.929. The molecule has 1 atom stereocenters. The maximum atomic E-state index is 13.3. The van der Waals surface area contributed by atoms with Gasteiger partial charge >= 0.3 is 0 Å². The molecule has 0 aliphatic carbocycles. The molecule has 1 aromatic rings. The van der Waals surface area contributed by atoms with E-state index in [1.807, 2.05) is 12.1 Å². The first-order valence-corrected chi connectivity index (χ1v) is 10.2. The molecule has 8 heteroatoms. The van der Waals surface area contributed by atoms with Crippen LogP contribution < -0.4 is 10.6 Å². The van der Waals surface area contributed by atoms with Crippen LogP contribution in [0, 0.1) is 11.7 Å². The lowest BCUT2D eigenvalue weighted by Gasteiger charge is -2.35. The number of rotatable bonds is 10. The van der Waals surface area contributed by atoms with E-state index in [1.54, 1.807) is 7.05 Å². The quantitative estimate of drug-likeness (QED) is 0.214. The number of ether oxygens (including phenoxy) is 2. The van der Waals surface area contributed by atoms with Crippen molar-refractivity contribution in [1.82, 2.24) is 15.5 Å². The van der Waals surface area contributed by atoms with E-state index in [-0.39, 0.29) is 35.8 Å². The third-order valence-electron chi connectivity index (χ3n) is 4.64. The number of morpholine rings is 1. The predicted octanol–water partition coefficient (Wildman–Crippen LogP) is 3.04. The summed E-state index contributed by atoms with van der Waals surface area (Å²) in [5, 5.41) is 6.74. The van der Waals surface area contributed by atoms with Gasteiger partial charge < -0.3 is 20.1 Å². The van der Waals surface area contributed by atoms with Gasteiger partial charge in [0.2, 0.25) is 0 Å². The van der Waals surface area contributed by atoms with Crippen molar-refractivity contribution in [3.63, 3.8) is 0 Å². The molecule has 29 heavy (non-hydrogen) atoms. The van der Waals surface area contributed by atoms with Gasteiger partial charge in [0, 0.05) is 46.4 Å². The minimum absolute atomic E-state index is 0. The number of nitrogens with one attached hydrogen (secondary N) is 2. The second-order valence-corrected chi connectivity index (χ2v) is 7.42. The number of halogens is 2. The van der Waals surface area contributed by atoms with E-state index in [4.69, 9.17) is 9.47 Å². The summed E-state index contributed by atoms with van der Waals surface area (Å²) in [5.41, 5.74) is 1.09. The van der Waals surface area contributed by atoms with Crippen LogP contribution in [0.4, 0.5) is 4.39 Å². The molecule has 0 bridgehead atoms. The van der Waals surface area contributed by atoms with E-state index < -0.39 is 0 Å². The van der Waals surface area contributed by atoms with Crippen molar-refractivity contribution in [3.8, 4) is 0 Å². The molecular weight excluding hydrogens is 486 g/mol. The lowest BCUT2D eigenvalue weighted by atomic mass is 10.0. The van der Waals surface area contributed by atoms with E-state index in [1.165, 1.54) is 12.1 Å². The molecule has 6 nitrogen and oxygen atoms in total. The van der Waals surface area contributed by atoms with Crippen molar-refractivity contribution < 1.29 is 13.9 Å². The summed E-state index contributed by atoms with van der Waals surface area (Å²) in [6, 6.07) is 6.90. The molecule has 1 aliphatic heterocycles. The van der Waals surface area contributed by atoms with Gasteiger partial charge in [0.25, 0.3) is 0 Å². The summed E-state index contributed by atoms with van der Waals surface area (Å²) in [5.74, 6) is 1.12. The summed E-state index contributed by atoms with van der Waals surface area (Å²) in [6.45, 7) is 10.5. The summed E-state index contributed by atoms with van der Waals surface area (Å²) < 4.78 is 24.4. The van der Waals surface area contributed by atoms with Gasteiger partial charge in [-0.2, -0.15) is 0 Å². The van der Waals surface area contributed by atoms with Gasteiger partial charge in [-0.05, 0) is 30.0 Å². The van der Waals surface area contributed by atoms with Crippen LogP contribution >= 0.6 is 24.0 Å². The monoisotopic (exact) mass is 522 g/mol. The topological polar surface area (TPSA) is 58.1 Å². The maximum absolute atomic E-state index is 13.3. The zero-order chi connectivity index (χ0) is 20.2. The van der Waals surface area contributed by atoms with Crippen LogP contribution in [-0.4, -0.2) is 70.5 Å². The van der Waals surface area contributed by atoms with E-state index in [9.17, 15) is 4.39 Å². The number of benzene rings is 1. The predicted molar refractivity (Wildman–Crippen MR) is 127 cm³/mol. The Morgan fingerprint density at radius 1 is 1.21 bits per heavy atom. The van der Waals surface area contributed by atoms with E-state index >= 15 is 0 Å². The molecule has 0 radical (unpaired) electrons. The number of guanidine groups is 1. The smallest absolute Gasteiger partial charge is 0.191 e. The van der Waals surface area contributed by atoms with Crippen LogP contribution in [-0.2, 0) is 9.47 Å². The van der Waals surface area contributed by atoms with Gasteiger partial charge in [0.1, 0.15) is 5.82 Å². The molecule has 1 aliphatic rings. The first-order valence-electron chi connectivity index (χ1n) is 10.2. The van der Waals surface area contributed by atoms with E-state index in [0.717, 1.165) is 64.0 Å². The molecule has 2 N–H and O–H groups in total. The van der Waals surface area contributed by atoms with Gasteiger partial charge in [-0.3, -0.25) is 9.89 Å². The first-order chi connectivity index (χ1) is 13.6.